The second-order valence-corrected chi connectivity index (χ2v) is 13.4. The van der Waals surface area contributed by atoms with Crippen molar-refractivity contribution in [1.82, 2.24) is 35.1 Å². The number of amides is 3. The lowest BCUT2D eigenvalue weighted by atomic mass is 9.98. The Hall–Kier alpha value is -5.23. The Bertz CT molecular complexity index is 2070. The number of benzene rings is 3. The first-order chi connectivity index (χ1) is 23.8. The average molecular weight is 662 g/mol. The van der Waals surface area contributed by atoms with Gasteiger partial charge in [0.2, 0.25) is 5.91 Å². The van der Waals surface area contributed by atoms with Crippen LogP contribution in [-0.2, 0) is 14.3 Å². The zero-order valence-electron chi connectivity index (χ0n) is 27.5. The van der Waals surface area contributed by atoms with Gasteiger partial charge in [-0.1, -0.05) is 36.4 Å². The van der Waals surface area contributed by atoms with Crippen LogP contribution in [0.15, 0.2) is 60.7 Å². The first-order valence-electron chi connectivity index (χ1n) is 17.0. The summed E-state index contributed by atoms with van der Waals surface area (Å²) in [5, 5.41) is 12.5. The fourth-order valence-electron chi connectivity index (χ4n) is 7.91. The number of aliphatic hydroxyl groups is 1. The molecule has 252 valence electrons. The lowest BCUT2D eigenvalue weighted by molar-refractivity contribution is -0.140. The fraction of sp³-hybridized carbons (Fsp3) is 0.378. The SMILES string of the molecule is COC(=O)N[C@H]1CC[C@H]2CC[C@@H](c3nc4ccc(-c5ccc(-c6ccc7nc([C@@H]8CCCN8C(=O)[C@@H](C)O)[nH]c7c6)cc5)cc4[nH]3)N2C1=O. The number of nitrogens with zero attached hydrogens (tertiary/aromatic N) is 4. The topological polar surface area (TPSA) is 157 Å². The molecule has 12 heteroatoms. The maximum absolute atomic E-state index is 13.4. The maximum Gasteiger partial charge on any atom is 0.407 e. The Balaban J connectivity index is 0.999. The molecule has 3 aliphatic heterocycles. The Morgan fingerprint density at radius 1 is 0.837 bits per heavy atom. The standard InChI is InChI=1S/C37H39N7O5/c1-20(45)35(46)43-17-3-4-31(43)33-38-26-13-9-23(18-29(26)40-33)21-5-7-22(8-6-21)24-10-14-27-30(19-24)41-34(39-27)32-16-12-25-11-15-28(36(47)44(25)32)42-37(48)49-2/h5-10,13-14,18-20,25,28,31-32,45H,3-4,11-12,15-17H2,1-2H3,(H,38,40)(H,39,41)(H,42,48)/t20-,25+,28+,31+,32+/m1/s1. The van der Waals surface area contributed by atoms with Gasteiger partial charge in [-0.05, 0) is 92.0 Å². The van der Waals surface area contributed by atoms with Crippen LogP contribution < -0.4 is 5.32 Å². The molecule has 2 aromatic heterocycles. The zero-order chi connectivity index (χ0) is 33.8. The molecular weight excluding hydrogens is 622 g/mol. The summed E-state index contributed by atoms with van der Waals surface area (Å²) < 4.78 is 4.73. The molecule has 12 nitrogen and oxygen atoms in total. The van der Waals surface area contributed by atoms with Crippen LogP contribution in [0.4, 0.5) is 4.79 Å². The molecule has 0 spiro atoms. The number of imidazole rings is 2. The number of rotatable bonds is 6. The fourth-order valence-corrected chi connectivity index (χ4v) is 7.91. The molecule has 3 aliphatic rings. The average Bonchev–Trinajstić information content (AvgIpc) is 3.93. The molecule has 49 heavy (non-hydrogen) atoms. The number of fused-ring (bicyclic) bond motifs is 3. The number of aromatic nitrogens is 4. The highest BCUT2D eigenvalue weighted by molar-refractivity contribution is 5.88. The van der Waals surface area contributed by atoms with Gasteiger partial charge in [-0.25, -0.2) is 14.8 Å². The van der Waals surface area contributed by atoms with Crippen molar-refractivity contribution in [2.75, 3.05) is 13.7 Å². The number of nitrogens with one attached hydrogen (secondary N) is 3. The van der Waals surface area contributed by atoms with Crippen molar-refractivity contribution < 1.29 is 24.2 Å². The van der Waals surface area contributed by atoms with Crippen molar-refractivity contribution in [2.24, 2.45) is 0 Å². The van der Waals surface area contributed by atoms with Gasteiger partial charge in [0.25, 0.3) is 5.91 Å². The summed E-state index contributed by atoms with van der Waals surface area (Å²) in [4.78, 5) is 58.0. The summed E-state index contributed by atoms with van der Waals surface area (Å²) in [6, 6.07) is 20.0. The second-order valence-electron chi connectivity index (χ2n) is 13.4. The van der Waals surface area contributed by atoms with Gasteiger partial charge >= 0.3 is 6.09 Å². The highest BCUT2D eigenvalue weighted by Crippen LogP contribution is 2.41. The molecule has 0 unspecified atom stereocenters. The summed E-state index contributed by atoms with van der Waals surface area (Å²) in [5.41, 5.74) is 7.74. The van der Waals surface area contributed by atoms with E-state index in [0.717, 1.165) is 88.1 Å². The molecule has 3 amide bonds. The Morgan fingerprint density at radius 3 is 2.00 bits per heavy atom. The Morgan fingerprint density at radius 2 is 1.41 bits per heavy atom. The molecule has 3 fully saturated rings. The smallest absolute Gasteiger partial charge is 0.407 e. The maximum atomic E-state index is 13.4. The number of aromatic amines is 2. The van der Waals surface area contributed by atoms with E-state index in [1.807, 2.05) is 17.0 Å². The molecule has 0 radical (unpaired) electrons. The Labute approximate surface area is 282 Å². The highest BCUT2D eigenvalue weighted by Gasteiger charge is 2.45. The number of ether oxygens (including phenoxy) is 1. The van der Waals surface area contributed by atoms with Gasteiger partial charge in [-0.2, -0.15) is 0 Å². The van der Waals surface area contributed by atoms with Crippen molar-refractivity contribution in [3.63, 3.8) is 0 Å². The molecule has 0 bridgehead atoms. The van der Waals surface area contributed by atoms with Crippen LogP contribution in [0.1, 0.15) is 69.2 Å². The van der Waals surface area contributed by atoms with Crippen LogP contribution in [0.2, 0.25) is 0 Å². The number of likely N-dealkylation sites (tertiary alicyclic amines) is 1. The largest absolute Gasteiger partial charge is 0.453 e. The van der Waals surface area contributed by atoms with E-state index < -0.39 is 18.2 Å². The third-order valence-corrected chi connectivity index (χ3v) is 10.4. The normalized spacial score (nSPS) is 22.9. The van der Waals surface area contributed by atoms with Crippen LogP contribution in [0.25, 0.3) is 44.3 Å². The van der Waals surface area contributed by atoms with Gasteiger partial charge in [0, 0.05) is 12.6 Å². The number of aliphatic hydroxyl groups excluding tert-OH is 1. The molecule has 5 heterocycles. The first kappa shape index (κ1) is 31.1. The lowest BCUT2D eigenvalue weighted by Gasteiger charge is -2.37. The summed E-state index contributed by atoms with van der Waals surface area (Å²) in [6.45, 7) is 2.13. The summed E-state index contributed by atoms with van der Waals surface area (Å²) in [6.07, 6.45) is 3.25. The second kappa shape index (κ2) is 12.3. The lowest BCUT2D eigenvalue weighted by Crippen LogP contribution is -2.54. The highest BCUT2D eigenvalue weighted by atomic mass is 16.5. The van der Waals surface area contributed by atoms with Crippen molar-refractivity contribution in [1.29, 1.82) is 0 Å². The minimum atomic E-state index is -1.03. The number of methoxy groups -OCH3 is 1. The van der Waals surface area contributed by atoms with E-state index in [4.69, 9.17) is 14.7 Å². The van der Waals surface area contributed by atoms with Crippen molar-refractivity contribution in [3.8, 4) is 22.3 Å². The van der Waals surface area contributed by atoms with Crippen LogP contribution in [0.3, 0.4) is 0 Å². The predicted molar refractivity (Wildman–Crippen MR) is 183 cm³/mol. The third-order valence-electron chi connectivity index (χ3n) is 10.4. The monoisotopic (exact) mass is 661 g/mol. The van der Waals surface area contributed by atoms with E-state index in [9.17, 15) is 19.5 Å². The molecule has 0 aliphatic carbocycles. The van der Waals surface area contributed by atoms with E-state index in [1.165, 1.54) is 14.0 Å². The van der Waals surface area contributed by atoms with Gasteiger partial charge in [-0.3, -0.25) is 9.59 Å². The van der Waals surface area contributed by atoms with E-state index in [1.54, 1.807) is 4.90 Å². The first-order valence-corrected chi connectivity index (χ1v) is 17.0. The Kier molecular flexibility index (Phi) is 7.82. The molecule has 5 aromatic rings. The number of hydrogen-bond acceptors (Lipinski definition) is 7. The van der Waals surface area contributed by atoms with Crippen LogP contribution >= 0.6 is 0 Å². The number of carbonyl (C=O) groups excluding carboxylic acids is 3. The van der Waals surface area contributed by atoms with Gasteiger partial charge < -0.3 is 34.9 Å². The van der Waals surface area contributed by atoms with Crippen molar-refractivity contribution in [2.45, 2.75) is 75.7 Å². The van der Waals surface area contributed by atoms with Gasteiger partial charge in [0.05, 0.1) is 41.3 Å². The summed E-state index contributed by atoms with van der Waals surface area (Å²) in [5.74, 6) is 1.18. The van der Waals surface area contributed by atoms with Crippen LogP contribution in [0, 0.1) is 0 Å². The number of alkyl carbamates (subject to hydrolysis) is 1. The number of piperidine rings is 1. The molecule has 5 atom stereocenters. The molecular formula is C37H39N7O5. The molecule has 3 aromatic carbocycles. The van der Waals surface area contributed by atoms with Crippen LogP contribution in [0.5, 0.6) is 0 Å². The van der Waals surface area contributed by atoms with Crippen molar-refractivity contribution >= 4 is 40.0 Å². The number of hydrogen-bond donors (Lipinski definition) is 4. The summed E-state index contributed by atoms with van der Waals surface area (Å²) >= 11 is 0. The van der Waals surface area contributed by atoms with E-state index in [-0.39, 0.29) is 29.9 Å². The summed E-state index contributed by atoms with van der Waals surface area (Å²) in [7, 11) is 1.30. The molecule has 0 saturated carbocycles. The zero-order valence-corrected chi connectivity index (χ0v) is 27.5. The van der Waals surface area contributed by atoms with Gasteiger partial charge in [0.15, 0.2) is 0 Å². The molecule has 3 saturated heterocycles. The minimum absolute atomic E-state index is 0.0813. The number of carbonyl (C=O) groups is 3. The number of H-pyrrole nitrogens is 2. The van der Waals surface area contributed by atoms with E-state index >= 15 is 0 Å². The van der Waals surface area contributed by atoms with E-state index in [0.29, 0.717) is 13.0 Å². The van der Waals surface area contributed by atoms with Gasteiger partial charge in [-0.15, -0.1) is 0 Å². The quantitative estimate of drug-likeness (QED) is 0.191. The molecule has 4 N–H and O–H groups in total. The molecule has 8 rings (SSSR count). The van der Waals surface area contributed by atoms with Gasteiger partial charge in [0.1, 0.15) is 23.8 Å². The van der Waals surface area contributed by atoms with E-state index in [2.05, 4.69) is 63.8 Å². The minimum Gasteiger partial charge on any atom is -0.453 e. The third kappa shape index (κ3) is 5.59. The predicted octanol–water partition coefficient (Wildman–Crippen LogP) is 5.37. The van der Waals surface area contributed by atoms with Crippen molar-refractivity contribution in [3.05, 3.63) is 72.3 Å². The van der Waals surface area contributed by atoms with Crippen LogP contribution in [-0.4, -0.2) is 84.6 Å².